The third kappa shape index (κ3) is 2.96. The van der Waals surface area contributed by atoms with E-state index in [-0.39, 0.29) is 11.1 Å². The van der Waals surface area contributed by atoms with Crippen LogP contribution in [0.4, 0.5) is 5.82 Å². The summed E-state index contributed by atoms with van der Waals surface area (Å²) in [6.45, 7) is 4.48. The molecule has 7 nitrogen and oxygen atoms in total. The second kappa shape index (κ2) is 5.67. The van der Waals surface area contributed by atoms with Crippen LogP contribution in [0.25, 0.3) is 0 Å². The second-order valence-electron chi connectivity index (χ2n) is 5.79. The van der Waals surface area contributed by atoms with Crippen LogP contribution in [0.3, 0.4) is 0 Å². The summed E-state index contributed by atoms with van der Waals surface area (Å²) in [7, 11) is 1.27. The van der Waals surface area contributed by atoms with Crippen LogP contribution in [0.1, 0.15) is 37.2 Å². The van der Waals surface area contributed by atoms with Gasteiger partial charge in [-0.15, -0.1) is 10.2 Å². The molecule has 1 unspecified atom stereocenters. The number of carbonyl (C=O) groups is 2. The Hall–Kier alpha value is -2.18. The lowest BCUT2D eigenvalue weighted by Crippen LogP contribution is -2.54. The van der Waals surface area contributed by atoms with Gasteiger partial charge in [0.2, 0.25) is 0 Å². The lowest BCUT2D eigenvalue weighted by atomic mass is 9.76. The monoisotopic (exact) mass is 293 g/mol. The molecule has 0 spiro atoms. The van der Waals surface area contributed by atoms with E-state index in [1.807, 2.05) is 13.8 Å². The minimum Gasteiger partial charge on any atom is -0.480 e. The number of hydrogen-bond acceptors (Lipinski definition) is 6. The smallest absolute Gasteiger partial charge is 0.358 e. The molecule has 1 aliphatic heterocycles. The predicted octanol–water partition coefficient (Wildman–Crippen LogP) is 1.34. The average molecular weight is 293 g/mol. The highest BCUT2D eigenvalue weighted by Crippen LogP contribution is 2.37. The third-order valence-corrected chi connectivity index (χ3v) is 3.85. The molecule has 114 valence electrons. The molecule has 1 saturated heterocycles. The highest BCUT2D eigenvalue weighted by atomic mass is 16.5. The Morgan fingerprint density at radius 2 is 2.10 bits per heavy atom. The Morgan fingerprint density at radius 1 is 1.38 bits per heavy atom. The first-order chi connectivity index (χ1) is 9.86. The molecule has 21 heavy (non-hydrogen) atoms. The predicted molar refractivity (Wildman–Crippen MR) is 75.2 cm³/mol. The van der Waals surface area contributed by atoms with E-state index in [1.54, 1.807) is 11.0 Å². The van der Waals surface area contributed by atoms with Crippen molar-refractivity contribution in [1.82, 2.24) is 10.2 Å². The number of esters is 1. The van der Waals surface area contributed by atoms with Crippen LogP contribution < -0.4 is 4.90 Å². The number of rotatable bonds is 3. The summed E-state index contributed by atoms with van der Waals surface area (Å²) < 4.78 is 4.56. The van der Waals surface area contributed by atoms with Gasteiger partial charge >= 0.3 is 11.9 Å². The second-order valence-corrected chi connectivity index (χ2v) is 5.79. The fourth-order valence-electron chi connectivity index (χ4n) is 2.80. The van der Waals surface area contributed by atoms with Gasteiger partial charge in [-0.25, -0.2) is 9.59 Å². The molecular weight excluding hydrogens is 274 g/mol. The van der Waals surface area contributed by atoms with Crippen molar-refractivity contribution in [3.05, 3.63) is 17.8 Å². The molecule has 0 aliphatic carbocycles. The van der Waals surface area contributed by atoms with Crippen molar-refractivity contribution in [2.24, 2.45) is 5.41 Å². The normalized spacial score (nSPS) is 20.9. The first-order valence-electron chi connectivity index (χ1n) is 6.78. The zero-order chi connectivity index (χ0) is 15.6. The maximum atomic E-state index is 11.6. The van der Waals surface area contributed by atoms with Crippen LogP contribution in [0, 0.1) is 5.41 Å². The minimum atomic E-state index is -0.876. The molecule has 1 aliphatic rings. The topological polar surface area (TPSA) is 92.6 Å². The van der Waals surface area contributed by atoms with Crippen LogP contribution >= 0.6 is 0 Å². The van der Waals surface area contributed by atoms with Crippen molar-refractivity contribution >= 4 is 17.8 Å². The van der Waals surface area contributed by atoms with E-state index in [9.17, 15) is 14.7 Å². The van der Waals surface area contributed by atoms with Gasteiger partial charge in [0.15, 0.2) is 11.5 Å². The fourth-order valence-corrected chi connectivity index (χ4v) is 2.80. The molecule has 1 aromatic heterocycles. The Bertz CT molecular complexity index is 542. The van der Waals surface area contributed by atoms with Crippen molar-refractivity contribution in [3.8, 4) is 0 Å². The van der Waals surface area contributed by atoms with Crippen molar-refractivity contribution in [2.75, 3.05) is 18.6 Å². The summed E-state index contributed by atoms with van der Waals surface area (Å²) in [6, 6.07) is 2.44. The average Bonchev–Trinajstić information content (AvgIpc) is 2.45. The van der Waals surface area contributed by atoms with Crippen molar-refractivity contribution < 1.29 is 19.4 Å². The van der Waals surface area contributed by atoms with Crippen molar-refractivity contribution in [1.29, 1.82) is 0 Å². The highest BCUT2D eigenvalue weighted by molar-refractivity contribution is 5.87. The molecule has 0 amide bonds. The summed E-state index contributed by atoms with van der Waals surface area (Å²) in [5, 5.41) is 17.3. The zero-order valence-corrected chi connectivity index (χ0v) is 12.4. The van der Waals surface area contributed by atoms with Crippen molar-refractivity contribution in [2.45, 2.75) is 32.7 Å². The van der Waals surface area contributed by atoms with E-state index in [0.717, 1.165) is 12.8 Å². The quantitative estimate of drug-likeness (QED) is 0.841. The van der Waals surface area contributed by atoms with E-state index in [4.69, 9.17) is 0 Å². The number of nitrogens with zero attached hydrogens (tertiary/aromatic N) is 3. The first-order valence-corrected chi connectivity index (χ1v) is 6.78. The van der Waals surface area contributed by atoms with Crippen LogP contribution in [0.5, 0.6) is 0 Å². The molecule has 1 fully saturated rings. The first kappa shape index (κ1) is 15.2. The SMILES string of the molecule is COC(=O)c1ccc(N2CCCC(C)(C)C2C(=O)O)nn1. The Balaban J connectivity index is 2.30. The number of hydrogen-bond donors (Lipinski definition) is 1. The number of aromatic nitrogens is 2. The lowest BCUT2D eigenvalue weighted by Gasteiger charge is -2.44. The Kier molecular flexibility index (Phi) is 4.11. The van der Waals surface area contributed by atoms with Gasteiger partial charge in [-0.05, 0) is 30.4 Å². The molecule has 1 atom stereocenters. The summed E-state index contributed by atoms with van der Waals surface area (Å²) in [5.74, 6) is -0.982. The van der Waals surface area contributed by atoms with Crippen LogP contribution in [0.15, 0.2) is 12.1 Å². The molecule has 0 saturated carbocycles. The molecule has 7 heteroatoms. The summed E-state index contributed by atoms with van der Waals surface area (Å²) in [5.41, 5.74) is -0.253. The van der Waals surface area contributed by atoms with E-state index in [0.29, 0.717) is 12.4 Å². The van der Waals surface area contributed by atoms with Gasteiger partial charge in [-0.2, -0.15) is 0 Å². The maximum absolute atomic E-state index is 11.6. The van der Waals surface area contributed by atoms with Crippen LogP contribution in [0.2, 0.25) is 0 Å². The minimum absolute atomic E-state index is 0.101. The van der Waals surface area contributed by atoms with Gasteiger partial charge < -0.3 is 14.7 Å². The van der Waals surface area contributed by atoms with Crippen LogP contribution in [-0.4, -0.2) is 46.9 Å². The molecule has 2 heterocycles. The molecule has 0 bridgehead atoms. The van der Waals surface area contributed by atoms with Gasteiger partial charge in [0.25, 0.3) is 0 Å². The number of ether oxygens (including phenoxy) is 1. The van der Waals surface area contributed by atoms with Gasteiger partial charge in [0, 0.05) is 6.54 Å². The molecule has 2 rings (SSSR count). The van der Waals surface area contributed by atoms with Crippen molar-refractivity contribution in [3.63, 3.8) is 0 Å². The number of carbonyl (C=O) groups excluding carboxylic acids is 1. The van der Waals surface area contributed by atoms with Gasteiger partial charge in [0.05, 0.1) is 7.11 Å². The van der Waals surface area contributed by atoms with E-state index < -0.39 is 18.0 Å². The third-order valence-electron chi connectivity index (χ3n) is 3.85. The van der Waals surface area contributed by atoms with Gasteiger partial charge in [-0.3, -0.25) is 0 Å². The standard InChI is InChI=1S/C14H19N3O4/c1-14(2)7-4-8-17(11(14)12(18)19)10-6-5-9(15-16-10)13(20)21-3/h5-6,11H,4,7-8H2,1-3H3,(H,18,19). The molecular formula is C14H19N3O4. The molecule has 0 radical (unpaired) electrons. The summed E-state index contributed by atoms with van der Waals surface area (Å²) >= 11 is 0. The zero-order valence-electron chi connectivity index (χ0n) is 12.4. The van der Waals surface area contributed by atoms with Gasteiger partial charge in [0.1, 0.15) is 6.04 Å². The highest BCUT2D eigenvalue weighted by Gasteiger charge is 2.43. The Labute approximate surface area is 122 Å². The molecule has 1 aromatic rings. The summed E-state index contributed by atoms with van der Waals surface area (Å²) in [4.78, 5) is 24.7. The lowest BCUT2D eigenvalue weighted by molar-refractivity contribution is -0.142. The van der Waals surface area contributed by atoms with Crippen LogP contribution in [-0.2, 0) is 9.53 Å². The number of aliphatic carboxylic acids is 1. The van der Waals surface area contributed by atoms with E-state index in [1.165, 1.54) is 13.2 Å². The fraction of sp³-hybridized carbons (Fsp3) is 0.571. The molecule has 0 aromatic carbocycles. The molecule has 1 N–H and O–H groups in total. The maximum Gasteiger partial charge on any atom is 0.358 e. The largest absolute Gasteiger partial charge is 0.480 e. The number of carboxylic acid groups (broad SMARTS) is 1. The Morgan fingerprint density at radius 3 is 2.62 bits per heavy atom. The number of methoxy groups -OCH3 is 1. The van der Waals surface area contributed by atoms with Gasteiger partial charge in [-0.1, -0.05) is 13.8 Å². The number of anilines is 1. The van der Waals surface area contributed by atoms with E-state index in [2.05, 4.69) is 14.9 Å². The summed E-state index contributed by atoms with van der Waals surface area (Å²) in [6.07, 6.45) is 1.73. The number of carboxylic acids is 1. The number of piperidine rings is 1. The van der Waals surface area contributed by atoms with E-state index >= 15 is 0 Å².